The summed E-state index contributed by atoms with van der Waals surface area (Å²) in [6.45, 7) is 0. The SMILES string of the molecule is Cn1cc(-c2cc(-c3cn([C@]4(CC#N)C[C@H](C#N)C4)nc3N)c3ccnn3c2)cn1. The standard InChI is InChI=1S/C21H19N9/c1-28-11-16(10-26-28)15-6-17(19-2-5-25-29(19)12-15)18-13-30(27-20(18)24)21(3-4-22)7-14(8-21)9-23/h2,5-6,10-14H,3,7-8H2,1H3,(H2,24,27)/t14-,21+. The maximum atomic E-state index is 9.33. The summed E-state index contributed by atoms with van der Waals surface area (Å²) in [5.41, 5.74) is 10.4. The van der Waals surface area contributed by atoms with Gasteiger partial charge in [-0.25, -0.2) is 4.52 Å². The smallest absolute Gasteiger partial charge is 0.153 e. The van der Waals surface area contributed by atoms with Crippen molar-refractivity contribution in [3.8, 4) is 34.4 Å². The first-order valence-electron chi connectivity index (χ1n) is 9.62. The van der Waals surface area contributed by atoms with Crippen LogP contribution < -0.4 is 5.73 Å². The molecule has 4 heterocycles. The fourth-order valence-electron chi connectivity index (χ4n) is 4.32. The Morgan fingerprint density at radius 2 is 2.00 bits per heavy atom. The lowest BCUT2D eigenvalue weighted by molar-refractivity contribution is 0.0885. The number of hydrogen-bond acceptors (Lipinski definition) is 6. The molecule has 148 valence electrons. The monoisotopic (exact) mass is 397 g/mol. The number of aromatic nitrogens is 6. The Morgan fingerprint density at radius 3 is 2.70 bits per heavy atom. The molecule has 0 radical (unpaired) electrons. The van der Waals surface area contributed by atoms with E-state index in [9.17, 15) is 10.5 Å². The van der Waals surface area contributed by atoms with Crippen LogP contribution in [-0.2, 0) is 12.6 Å². The Balaban J connectivity index is 1.64. The molecule has 9 heteroatoms. The highest BCUT2D eigenvalue weighted by Gasteiger charge is 2.47. The van der Waals surface area contributed by atoms with Crippen molar-refractivity contribution in [2.45, 2.75) is 24.8 Å². The Labute approximate surface area is 172 Å². The van der Waals surface area contributed by atoms with Crippen molar-refractivity contribution in [3.63, 3.8) is 0 Å². The number of nitrogens with two attached hydrogens (primary N) is 1. The Kier molecular flexibility index (Phi) is 3.87. The number of nitrogen functional groups attached to an aromatic ring is 1. The maximum absolute atomic E-state index is 9.33. The van der Waals surface area contributed by atoms with Gasteiger partial charge in [0, 0.05) is 54.1 Å². The normalized spacial score (nSPS) is 20.6. The van der Waals surface area contributed by atoms with Crippen LogP contribution in [0, 0.1) is 28.6 Å². The lowest BCUT2D eigenvalue weighted by atomic mass is 9.67. The van der Waals surface area contributed by atoms with Gasteiger partial charge in [0.2, 0.25) is 0 Å². The Hall–Kier alpha value is -4.11. The molecule has 1 fully saturated rings. The fraction of sp³-hybridized carbons (Fsp3) is 0.286. The Morgan fingerprint density at radius 1 is 1.17 bits per heavy atom. The van der Waals surface area contributed by atoms with Gasteiger partial charge in [-0.2, -0.15) is 25.8 Å². The third kappa shape index (κ3) is 2.64. The van der Waals surface area contributed by atoms with Crippen molar-refractivity contribution >= 4 is 11.3 Å². The molecule has 1 aliphatic carbocycles. The van der Waals surface area contributed by atoms with Crippen molar-refractivity contribution in [2.75, 3.05) is 5.73 Å². The van der Waals surface area contributed by atoms with Crippen molar-refractivity contribution in [1.29, 1.82) is 10.5 Å². The summed E-state index contributed by atoms with van der Waals surface area (Å²) >= 11 is 0. The van der Waals surface area contributed by atoms with Gasteiger partial charge in [0.25, 0.3) is 0 Å². The van der Waals surface area contributed by atoms with E-state index in [4.69, 9.17) is 5.73 Å². The molecule has 1 saturated carbocycles. The third-order valence-electron chi connectivity index (χ3n) is 5.91. The van der Waals surface area contributed by atoms with Gasteiger partial charge >= 0.3 is 0 Å². The molecule has 1 aliphatic rings. The summed E-state index contributed by atoms with van der Waals surface area (Å²) in [6, 6.07) is 8.52. The molecule has 0 atom stereocenters. The quantitative estimate of drug-likeness (QED) is 0.564. The molecule has 2 N–H and O–H groups in total. The van der Waals surface area contributed by atoms with Gasteiger partial charge in [0.05, 0.1) is 41.7 Å². The molecule has 0 aromatic carbocycles. The van der Waals surface area contributed by atoms with E-state index in [0.29, 0.717) is 25.1 Å². The minimum Gasteiger partial charge on any atom is -0.382 e. The molecule has 30 heavy (non-hydrogen) atoms. The van der Waals surface area contributed by atoms with Crippen LogP contribution in [0.3, 0.4) is 0 Å². The molecule has 0 bridgehead atoms. The summed E-state index contributed by atoms with van der Waals surface area (Å²) in [4.78, 5) is 0. The first-order chi connectivity index (χ1) is 14.5. The molecule has 0 aliphatic heterocycles. The minimum atomic E-state index is -0.473. The molecule has 0 amide bonds. The van der Waals surface area contributed by atoms with Crippen LogP contribution in [0.25, 0.3) is 27.8 Å². The van der Waals surface area contributed by atoms with Crippen LogP contribution >= 0.6 is 0 Å². The zero-order valence-corrected chi connectivity index (χ0v) is 16.4. The third-order valence-corrected chi connectivity index (χ3v) is 5.91. The van der Waals surface area contributed by atoms with Gasteiger partial charge in [-0.3, -0.25) is 9.36 Å². The van der Waals surface area contributed by atoms with E-state index < -0.39 is 5.54 Å². The van der Waals surface area contributed by atoms with E-state index in [1.807, 2.05) is 36.2 Å². The van der Waals surface area contributed by atoms with E-state index in [0.717, 1.165) is 27.8 Å². The van der Waals surface area contributed by atoms with Gasteiger partial charge in [-0.05, 0) is 25.0 Å². The number of rotatable bonds is 4. The summed E-state index contributed by atoms with van der Waals surface area (Å²) in [6.07, 6.45) is 10.9. The number of hydrogen-bond donors (Lipinski definition) is 1. The van der Waals surface area contributed by atoms with Gasteiger partial charge in [-0.1, -0.05) is 0 Å². The first-order valence-corrected chi connectivity index (χ1v) is 9.62. The average Bonchev–Trinajstić information content (AvgIpc) is 3.43. The van der Waals surface area contributed by atoms with E-state index in [2.05, 4.69) is 33.5 Å². The molecular weight excluding hydrogens is 378 g/mol. The second kappa shape index (κ2) is 6.46. The Bertz CT molecular complexity index is 1330. The lowest BCUT2D eigenvalue weighted by Crippen LogP contribution is -2.46. The van der Waals surface area contributed by atoms with Crippen molar-refractivity contribution in [3.05, 3.63) is 43.1 Å². The summed E-state index contributed by atoms with van der Waals surface area (Å²) in [7, 11) is 1.88. The molecule has 5 rings (SSSR count). The van der Waals surface area contributed by atoms with E-state index in [1.54, 1.807) is 21.8 Å². The number of nitriles is 2. The first kappa shape index (κ1) is 18.0. The highest BCUT2D eigenvalue weighted by Crippen LogP contribution is 2.47. The molecular formula is C21H19N9. The van der Waals surface area contributed by atoms with E-state index in [1.165, 1.54) is 0 Å². The van der Waals surface area contributed by atoms with Crippen LogP contribution in [-0.4, -0.2) is 29.2 Å². The van der Waals surface area contributed by atoms with E-state index >= 15 is 0 Å². The minimum absolute atomic E-state index is 0.0531. The van der Waals surface area contributed by atoms with Gasteiger partial charge in [0.1, 0.15) is 0 Å². The van der Waals surface area contributed by atoms with Crippen LogP contribution in [0.1, 0.15) is 19.3 Å². The molecule has 0 saturated heterocycles. The van der Waals surface area contributed by atoms with Crippen molar-refractivity contribution in [2.24, 2.45) is 13.0 Å². The molecule has 4 aromatic heterocycles. The highest BCUT2D eigenvalue weighted by molar-refractivity contribution is 5.88. The second-order valence-corrected chi connectivity index (χ2v) is 7.87. The number of fused-ring (bicyclic) bond motifs is 1. The van der Waals surface area contributed by atoms with Crippen LogP contribution in [0.5, 0.6) is 0 Å². The highest BCUT2D eigenvalue weighted by atomic mass is 15.3. The number of anilines is 1. The number of nitrogens with zero attached hydrogens (tertiary/aromatic N) is 8. The molecule has 9 nitrogen and oxygen atoms in total. The van der Waals surface area contributed by atoms with Crippen LogP contribution in [0.2, 0.25) is 0 Å². The molecule has 4 aromatic rings. The van der Waals surface area contributed by atoms with Gasteiger partial charge in [0.15, 0.2) is 5.82 Å². The van der Waals surface area contributed by atoms with E-state index in [-0.39, 0.29) is 5.92 Å². The predicted octanol–water partition coefficient (Wildman–Crippen LogP) is 2.72. The number of aryl methyl sites for hydroxylation is 1. The molecule has 0 unspecified atom stereocenters. The topological polar surface area (TPSA) is 127 Å². The van der Waals surface area contributed by atoms with Crippen LogP contribution in [0.4, 0.5) is 5.82 Å². The van der Waals surface area contributed by atoms with Gasteiger partial charge < -0.3 is 5.73 Å². The average molecular weight is 397 g/mol. The summed E-state index contributed by atoms with van der Waals surface area (Å²) in [5.74, 6) is 0.335. The van der Waals surface area contributed by atoms with Gasteiger partial charge in [-0.15, -0.1) is 0 Å². The number of pyridine rings is 1. The largest absolute Gasteiger partial charge is 0.382 e. The summed E-state index contributed by atoms with van der Waals surface area (Å²) in [5, 5.41) is 31.8. The summed E-state index contributed by atoms with van der Waals surface area (Å²) < 4.78 is 5.36. The zero-order chi connectivity index (χ0) is 20.9. The predicted molar refractivity (Wildman–Crippen MR) is 110 cm³/mol. The fourth-order valence-corrected chi connectivity index (χ4v) is 4.32. The second-order valence-electron chi connectivity index (χ2n) is 7.87. The zero-order valence-electron chi connectivity index (χ0n) is 16.4. The van der Waals surface area contributed by atoms with Crippen molar-refractivity contribution < 1.29 is 0 Å². The molecule has 0 spiro atoms. The van der Waals surface area contributed by atoms with Crippen molar-refractivity contribution in [1.82, 2.24) is 29.2 Å². The maximum Gasteiger partial charge on any atom is 0.153 e. The van der Waals surface area contributed by atoms with Crippen LogP contribution in [0.15, 0.2) is 43.1 Å². The lowest BCUT2D eigenvalue weighted by Gasteiger charge is -2.43.